The highest BCUT2D eigenvalue weighted by molar-refractivity contribution is 5.69. The summed E-state index contributed by atoms with van der Waals surface area (Å²) < 4.78 is 5.13. The molecular formula is C17H32N4O7. The molecule has 0 saturated carbocycles. The number of aliphatic carboxylic acids is 3. The highest BCUT2D eigenvalue weighted by Crippen LogP contribution is 2.01. The lowest BCUT2D eigenvalue weighted by atomic mass is 10.3. The van der Waals surface area contributed by atoms with Crippen molar-refractivity contribution >= 4 is 17.9 Å². The maximum atomic E-state index is 11.2. The fourth-order valence-corrected chi connectivity index (χ4v) is 3.07. The molecular weight excluding hydrogens is 372 g/mol. The second-order valence-electron chi connectivity index (χ2n) is 6.84. The van der Waals surface area contributed by atoms with E-state index in [2.05, 4.69) is 4.90 Å². The van der Waals surface area contributed by atoms with Crippen molar-refractivity contribution in [3.05, 3.63) is 0 Å². The van der Waals surface area contributed by atoms with E-state index in [1.54, 1.807) is 21.8 Å². The molecule has 0 unspecified atom stereocenters. The van der Waals surface area contributed by atoms with Crippen LogP contribution < -0.4 is 0 Å². The highest BCUT2D eigenvalue weighted by atomic mass is 16.5. The first kappa shape index (κ1) is 24.2. The molecule has 1 aliphatic heterocycles. The van der Waals surface area contributed by atoms with Crippen LogP contribution in [0.25, 0.3) is 0 Å². The van der Waals surface area contributed by atoms with E-state index in [9.17, 15) is 14.4 Å². The lowest BCUT2D eigenvalue weighted by Gasteiger charge is -2.33. The molecule has 1 heterocycles. The first-order valence-corrected chi connectivity index (χ1v) is 9.34. The van der Waals surface area contributed by atoms with E-state index in [0.29, 0.717) is 65.5 Å². The molecule has 0 amide bonds. The number of carboxylic acid groups (broad SMARTS) is 3. The van der Waals surface area contributed by atoms with Crippen LogP contribution in [0.4, 0.5) is 0 Å². The second-order valence-corrected chi connectivity index (χ2v) is 6.84. The van der Waals surface area contributed by atoms with Crippen LogP contribution >= 0.6 is 0 Å². The molecule has 0 atom stereocenters. The van der Waals surface area contributed by atoms with Gasteiger partial charge in [-0.05, 0) is 0 Å². The molecule has 162 valence electrons. The quantitative estimate of drug-likeness (QED) is 0.398. The summed E-state index contributed by atoms with van der Waals surface area (Å²) >= 11 is 0. The van der Waals surface area contributed by atoms with Gasteiger partial charge < -0.3 is 20.1 Å². The summed E-state index contributed by atoms with van der Waals surface area (Å²) in [6, 6.07) is 0. The van der Waals surface area contributed by atoms with E-state index in [0.717, 1.165) is 0 Å². The monoisotopic (exact) mass is 404 g/mol. The van der Waals surface area contributed by atoms with Gasteiger partial charge in [0.25, 0.3) is 0 Å². The summed E-state index contributed by atoms with van der Waals surface area (Å²) in [5, 5.41) is 27.4. The Morgan fingerprint density at radius 1 is 0.643 bits per heavy atom. The number of hydrogen-bond acceptors (Lipinski definition) is 8. The van der Waals surface area contributed by atoms with Gasteiger partial charge in [0, 0.05) is 66.0 Å². The average Bonchev–Trinajstić information content (AvgIpc) is 2.59. The Morgan fingerprint density at radius 3 is 1.18 bits per heavy atom. The maximum Gasteiger partial charge on any atom is 0.317 e. The first-order chi connectivity index (χ1) is 13.3. The Morgan fingerprint density at radius 2 is 0.929 bits per heavy atom. The molecule has 0 aromatic heterocycles. The van der Waals surface area contributed by atoms with Gasteiger partial charge in [-0.3, -0.25) is 34.0 Å². The largest absolute Gasteiger partial charge is 0.480 e. The predicted octanol–water partition coefficient (Wildman–Crippen LogP) is -1.89. The lowest BCUT2D eigenvalue weighted by molar-refractivity contribution is -0.140. The van der Waals surface area contributed by atoms with Crippen LogP contribution in [-0.2, 0) is 19.1 Å². The third kappa shape index (κ3) is 11.1. The topological polar surface area (TPSA) is 134 Å². The highest BCUT2D eigenvalue weighted by Gasteiger charge is 2.19. The van der Waals surface area contributed by atoms with Gasteiger partial charge >= 0.3 is 17.9 Å². The molecule has 0 aromatic rings. The summed E-state index contributed by atoms with van der Waals surface area (Å²) in [4.78, 5) is 40.9. The molecule has 1 aliphatic rings. The van der Waals surface area contributed by atoms with Crippen LogP contribution in [0, 0.1) is 0 Å². The minimum atomic E-state index is -0.965. The molecule has 0 spiro atoms. The van der Waals surface area contributed by atoms with Gasteiger partial charge in [0.1, 0.15) is 0 Å². The van der Waals surface area contributed by atoms with E-state index in [1.165, 1.54) is 0 Å². The van der Waals surface area contributed by atoms with Crippen LogP contribution in [0.1, 0.15) is 0 Å². The molecule has 0 aromatic carbocycles. The van der Waals surface area contributed by atoms with E-state index in [4.69, 9.17) is 20.1 Å². The zero-order chi connectivity index (χ0) is 20.9. The van der Waals surface area contributed by atoms with Gasteiger partial charge in [-0.2, -0.15) is 0 Å². The van der Waals surface area contributed by atoms with Crippen LogP contribution in [0.3, 0.4) is 0 Å². The second kappa shape index (κ2) is 13.4. The zero-order valence-electron chi connectivity index (χ0n) is 16.5. The van der Waals surface area contributed by atoms with E-state index >= 15 is 0 Å². The Bertz CT molecular complexity index is 474. The lowest BCUT2D eigenvalue weighted by Crippen LogP contribution is -2.48. The van der Waals surface area contributed by atoms with Crippen molar-refractivity contribution in [1.29, 1.82) is 0 Å². The number of hydrogen-bond donors (Lipinski definition) is 3. The van der Waals surface area contributed by atoms with Crippen molar-refractivity contribution in [3.63, 3.8) is 0 Å². The molecule has 0 aliphatic carbocycles. The Hall–Kier alpha value is -1.79. The molecule has 1 fully saturated rings. The molecule has 28 heavy (non-hydrogen) atoms. The summed E-state index contributed by atoms with van der Waals surface area (Å²) in [5.41, 5.74) is 0. The van der Waals surface area contributed by atoms with Crippen molar-refractivity contribution in [2.24, 2.45) is 0 Å². The van der Waals surface area contributed by atoms with Crippen molar-refractivity contribution in [1.82, 2.24) is 19.6 Å². The van der Waals surface area contributed by atoms with Crippen molar-refractivity contribution in [3.8, 4) is 0 Å². The third-order valence-electron chi connectivity index (χ3n) is 4.62. The Kier molecular flexibility index (Phi) is 11.6. The van der Waals surface area contributed by atoms with Gasteiger partial charge in [-0.25, -0.2) is 0 Å². The van der Waals surface area contributed by atoms with Crippen molar-refractivity contribution in [2.45, 2.75) is 0 Å². The summed E-state index contributed by atoms with van der Waals surface area (Å²) in [6.07, 6.45) is 0. The van der Waals surface area contributed by atoms with Crippen molar-refractivity contribution in [2.75, 3.05) is 92.3 Å². The van der Waals surface area contributed by atoms with E-state index < -0.39 is 17.9 Å². The van der Waals surface area contributed by atoms with Crippen LogP contribution in [0.15, 0.2) is 0 Å². The standard InChI is InChI=1S/C17H32N4O7/c1-28-11-10-18-2-4-19(12-15(22)23)6-8-21(14-17(26)27)9-7-20(5-3-18)13-16(24)25/h2-14H2,1H3,(H,22,23)(H,24,25)(H,26,27). The van der Waals surface area contributed by atoms with Gasteiger partial charge in [0.05, 0.1) is 26.2 Å². The van der Waals surface area contributed by atoms with Gasteiger partial charge in [-0.15, -0.1) is 0 Å². The van der Waals surface area contributed by atoms with Gasteiger partial charge in [-0.1, -0.05) is 0 Å². The molecule has 0 radical (unpaired) electrons. The van der Waals surface area contributed by atoms with Gasteiger partial charge in [0.2, 0.25) is 0 Å². The molecule has 0 bridgehead atoms. The van der Waals surface area contributed by atoms with Crippen molar-refractivity contribution < 1.29 is 34.4 Å². The fraction of sp³-hybridized carbons (Fsp3) is 0.824. The van der Waals surface area contributed by atoms with E-state index in [-0.39, 0.29) is 19.6 Å². The maximum absolute atomic E-state index is 11.2. The normalized spacial score (nSPS) is 19.6. The predicted molar refractivity (Wildman–Crippen MR) is 101 cm³/mol. The van der Waals surface area contributed by atoms with Crippen LogP contribution in [-0.4, -0.2) is 145 Å². The van der Waals surface area contributed by atoms with Gasteiger partial charge in [0.15, 0.2) is 0 Å². The molecule has 11 heteroatoms. The number of methoxy groups -OCH3 is 1. The molecule has 1 rings (SSSR count). The number of nitrogens with zero attached hydrogens (tertiary/aromatic N) is 4. The Balaban J connectivity index is 2.86. The number of carboxylic acids is 3. The Labute approximate surface area is 165 Å². The zero-order valence-corrected chi connectivity index (χ0v) is 16.5. The summed E-state index contributed by atoms with van der Waals surface area (Å²) in [6.45, 7) is 4.77. The average molecular weight is 404 g/mol. The number of carbonyl (C=O) groups is 3. The molecule has 11 nitrogen and oxygen atoms in total. The first-order valence-electron chi connectivity index (χ1n) is 9.34. The fourth-order valence-electron chi connectivity index (χ4n) is 3.07. The molecule has 1 saturated heterocycles. The number of ether oxygens (including phenoxy) is 1. The minimum absolute atomic E-state index is 0.107. The van der Waals surface area contributed by atoms with E-state index in [1.807, 2.05) is 0 Å². The number of rotatable bonds is 9. The minimum Gasteiger partial charge on any atom is -0.480 e. The SMILES string of the molecule is COCCN1CCN(CC(=O)O)CCN(CC(=O)O)CCN(CC(=O)O)CC1. The summed E-state index contributed by atoms with van der Waals surface area (Å²) in [7, 11) is 1.61. The van der Waals surface area contributed by atoms with Crippen LogP contribution in [0.2, 0.25) is 0 Å². The van der Waals surface area contributed by atoms with Crippen LogP contribution in [0.5, 0.6) is 0 Å². The molecule has 3 N–H and O–H groups in total. The summed E-state index contributed by atoms with van der Waals surface area (Å²) in [5.74, 6) is -2.81. The third-order valence-corrected chi connectivity index (χ3v) is 4.62. The smallest absolute Gasteiger partial charge is 0.317 e.